The van der Waals surface area contributed by atoms with E-state index in [2.05, 4.69) is 43.5 Å². The SMILES string of the molecule is COc1ccc(-c2cccs2)cc1C(C=O)c1c(C)cccc1C. The van der Waals surface area contributed by atoms with Gasteiger partial charge in [-0.15, -0.1) is 11.3 Å². The number of aryl methyl sites for hydroxylation is 2. The van der Waals surface area contributed by atoms with Gasteiger partial charge < -0.3 is 9.53 Å². The molecule has 0 saturated heterocycles. The number of thiophene rings is 1. The Morgan fingerprint density at radius 2 is 1.79 bits per heavy atom. The standard InChI is InChI=1S/C21H20O2S/c1-14-6-4-7-15(2)21(14)18(13-22)17-12-16(9-10-19(17)23-3)20-8-5-11-24-20/h4-13,18H,1-3H3. The molecule has 1 aromatic heterocycles. The first-order valence-corrected chi connectivity index (χ1v) is 8.77. The van der Waals surface area contributed by atoms with Crippen LogP contribution >= 0.6 is 11.3 Å². The van der Waals surface area contributed by atoms with Gasteiger partial charge in [-0.3, -0.25) is 0 Å². The molecule has 3 heteroatoms. The topological polar surface area (TPSA) is 26.3 Å². The third-order valence-corrected chi connectivity index (χ3v) is 5.28. The maximum atomic E-state index is 12.0. The van der Waals surface area contributed by atoms with Crippen molar-refractivity contribution in [3.8, 4) is 16.2 Å². The molecule has 0 aliphatic carbocycles. The summed E-state index contributed by atoms with van der Waals surface area (Å²) in [5.41, 5.74) is 5.33. The van der Waals surface area contributed by atoms with Crippen LogP contribution in [-0.4, -0.2) is 13.4 Å². The van der Waals surface area contributed by atoms with Crippen LogP contribution in [0.5, 0.6) is 5.75 Å². The minimum absolute atomic E-state index is 0.332. The van der Waals surface area contributed by atoms with Crippen LogP contribution in [0, 0.1) is 13.8 Å². The number of hydrogen-bond donors (Lipinski definition) is 0. The molecular weight excluding hydrogens is 316 g/mol. The smallest absolute Gasteiger partial charge is 0.132 e. The molecular formula is C21H20O2S. The lowest BCUT2D eigenvalue weighted by Gasteiger charge is -2.20. The molecule has 2 nitrogen and oxygen atoms in total. The molecule has 1 atom stereocenters. The van der Waals surface area contributed by atoms with Crippen molar-refractivity contribution in [1.29, 1.82) is 0 Å². The van der Waals surface area contributed by atoms with Gasteiger partial charge in [0.15, 0.2) is 0 Å². The highest BCUT2D eigenvalue weighted by Crippen LogP contribution is 2.37. The van der Waals surface area contributed by atoms with Gasteiger partial charge in [-0.05, 0) is 65.7 Å². The van der Waals surface area contributed by atoms with E-state index in [1.807, 2.05) is 24.3 Å². The zero-order valence-electron chi connectivity index (χ0n) is 14.1. The Morgan fingerprint density at radius 3 is 2.38 bits per heavy atom. The number of aldehydes is 1. The van der Waals surface area contributed by atoms with Crippen LogP contribution in [0.3, 0.4) is 0 Å². The van der Waals surface area contributed by atoms with Crippen molar-refractivity contribution in [2.24, 2.45) is 0 Å². The Hall–Kier alpha value is -2.39. The number of carbonyl (C=O) groups excluding carboxylic acids is 1. The fraction of sp³-hybridized carbons (Fsp3) is 0.190. The van der Waals surface area contributed by atoms with Crippen molar-refractivity contribution in [2.75, 3.05) is 7.11 Å². The van der Waals surface area contributed by atoms with Crippen LogP contribution in [0.15, 0.2) is 53.9 Å². The normalized spacial score (nSPS) is 12.0. The first-order chi connectivity index (χ1) is 11.7. The maximum Gasteiger partial charge on any atom is 0.132 e. The lowest BCUT2D eigenvalue weighted by molar-refractivity contribution is -0.108. The van der Waals surface area contributed by atoms with E-state index in [0.717, 1.165) is 39.9 Å². The Morgan fingerprint density at radius 1 is 1.04 bits per heavy atom. The van der Waals surface area contributed by atoms with Gasteiger partial charge in [0, 0.05) is 10.4 Å². The molecule has 3 rings (SSSR count). The fourth-order valence-electron chi connectivity index (χ4n) is 3.19. The Kier molecular flexibility index (Phi) is 4.81. The molecule has 0 aliphatic rings. The van der Waals surface area contributed by atoms with Gasteiger partial charge >= 0.3 is 0 Å². The third kappa shape index (κ3) is 3.00. The lowest BCUT2D eigenvalue weighted by atomic mass is 9.85. The minimum atomic E-state index is -0.332. The van der Waals surface area contributed by atoms with Crippen LogP contribution in [0.4, 0.5) is 0 Å². The summed E-state index contributed by atoms with van der Waals surface area (Å²) in [4.78, 5) is 13.2. The Bertz CT molecular complexity index is 830. The number of benzene rings is 2. The molecule has 24 heavy (non-hydrogen) atoms. The molecule has 2 aromatic carbocycles. The largest absolute Gasteiger partial charge is 0.496 e. The second kappa shape index (κ2) is 7.02. The highest BCUT2D eigenvalue weighted by molar-refractivity contribution is 7.13. The number of rotatable bonds is 5. The van der Waals surface area contributed by atoms with Crippen LogP contribution in [0.1, 0.15) is 28.2 Å². The van der Waals surface area contributed by atoms with E-state index in [4.69, 9.17) is 4.74 Å². The summed E-state index contributed by atoms with van der Waals surface area (Å²) in [5, 5.41) is 2.06. The van der Waals surface area contributed by atoms with Crippen molar-refractivity contribution < 1.29 is 9.53 Å². The average Bonchev–Trinajstić information content (AvgIpc) is 3.12. The number of hydrogen-bond acceptors (Lipinski definition) is 3. The van der Waals surface area contributed by atoms with Gasteiger partial charge in [0.25, 0.3) is 0 Å². The van der Waals surface area contributed by atoms with Gasteiger partial charge in [0.2, 0.25) is 0 Å². The summed E-state index contributed by atoms with van der Waals surface area (Å²) >= 11 is 1.69. The summed E-state index contributed by atoms with van der Waals surface area (Å²) in [5.74, 6) is 0.413. The van der Waals surface area contributed by atoms with Crippen LogP contribution in [0.2, 0.25) is 0 Å². The van der Waals surface area contributed by atoms with E-state index in [1.54, 1.807) is 18.4 Å². The van der Waals surface area contributed by atoms with Crippen molar-refractivity contribution >= 4 is 17.6 Å². The molecule has 1 heterocycles. The van der Waals surface area contributed by atoms with Crippen molar-refractivity contribution in [3.05, 3.63) is 76.2 Å². The predicted octanol–water partition coefficient (Wildman–Crippen LogP) is 5.37. The summed E-state index contributed by atoms with van der Waals surface area (Å²) in [6, 6.07) is 16.3. The van der Waals surface area contributed by atoms with Gasteiger partial charge in [-0.1, -0.05) is 24.3 Å². The number of ether oxygens (including phenoxy) is 1. The van der Waals surface area contributed by atoms with Crippen molar-refractivity contribution in [3.63, 3.8) is 0 Å². The van der Waals surface area contributed by atoms with Gasteiger partial charge in [-0.2, -0.15) is 0 Å². The molecule has 0 N–H and O–H groups in total. The summed E-state index contributed by atoms with van der Waals surface area (Å²) in [6.45, 7) is 4.10. The molecule has 0 amide bonds. The highest BCUT2D eigenvalue weighted by atomic mass is 32.1. The zero-order chi connectivity index (χ0) is 17.1. The summed E-state index contributed by atoms with van der Waals surface area (Å²) in [7, 11) is 1.65. The molecule has 0 aliphatic heterocycles. The molecule has 0 saturated carbocycles. The van der Waals surface area contributed by atoms with Gasteiger partial charge in [0.05, 0.1) is 13.0 Å². The van der Waals surface area contributed by atoms with E-state index in [0.29, 0.717) is 0 Å². The monoisotopic (exact) mass is 336 g/mol. The Balaban J connectivity index is 2.18. The third-order valence-electron chi connectivity index (χ3n) is 4.36. The average molecular weight is 336 g/mol. The molecule has 0 spiro atoms. The quantitative estimate of drug-likeness (QED) is 0.585. The van der Waals surface area contributed by atoms with Crippen LogP contribution in [-0.2, 0) is 4.79 Å². The molecule has 0 bridgehead atoms. The van der Waals surface area contributed by atoms with E-state index < -0.39 is 0 Å². The number of carbonyl (C=O) groups is 1. The predicted molar refractivity (Wildman–Crippen MR) is 100 cm³/mol. The molecule has 0 radical (unpaired) electrons. The number of methoxy groups -OCH3 is 1. The molecule has 1 unspecified atom stereocenters. The second-order valence-corrected chi connectivity index (χ2v) is 6.80. The zero-order valence-corrected chi connectivity index (χ0v) is 14.9. The van der Waals surface area contributed by atoms with Crippen LogP contribution < -0.4 is 4.74 Å². The van der Waals surface area contributed by atoms with Crippen molar-refractivity contribution in [1.82, 2.24) is 0 Å². The Labute approximate surface area is 146 Å². The summed E-state index contributed by atoms with van der Waals surface area (Å²) < 4.78 is 5.55. The molecule has 122 valence electrons. The molecule has 0 fully saturated rings. The van der Waals surface area contributed by atoms with E-state index in [-0.39, 0.29) is 5.92 Å². The fourth-order valence-corrected chi connectivity index (χ4v) is 3.91. The highest BCUT2D eigenvalue weighted by Gasteiger charge is 2.22. The summed E-state index contributed by atoms with van der Waals surface area (Å²) in [6.07, 6.45) is 1.02. The van der Waals surface area contributed by atoms with Crippen molar-refractivity contribution in [2.45, 2.75) is 19.8 Å². The van der Waals surface area contributed by atoms with E-state index >= 15 is 0 Å². The van der Waals surface area contributed by atoms with Gasteiger partial charge in [-0.25, -0.2) is 0 Å². The minimum Gasteiger partial charge on any atom is -0.496 e. The van der Waals surface area contributed by atoms with E-state index in [1.165, 1.54) is 4.88 Å². The maximum absolute atomic E-state index is 12.0. The van der Waals surface area contributed by atoms with Gasteiger partial charge in [0.1, 0.15) is 12.0 Å². The van der Waals surface area contributed by atoms with E-state index in [9.17, 15) is 4.79 Å². The second-order valence-electron chi connectivity index (χ2n) is 5.85. The first-order valence-electron chi connectivity index (χ1n) is 7.89. The van der Waals surface area contributed by atoms with Crippen LogP contribution in [0.25, 0.3) is 10.4 Å². The molecule has 3 aromatic rings. The lowest BCUT2D eigenvalue weighted by Crippen LogP contribution is -2.08. The first kappa shape index (κ1) is 16.5.